The van der Waals surface area contributed by atoms with E-state index in [1.807, 2.05) is 13.8 Å². The molecule has 1 atom stereocenters. The van der Waals surface area contributed by atoms with Gasteiger partial charge in [-0.3, -0.25) is 0 Å². The molecule has 6 nitrogen and oxygen atoms in total. The highest BCUT2D eigenvalue weighted by molar-refractivity contribution is 7.87. The standard InChI is InChI=1S/C24H24ClFN2O4S/c1-3-17(2)28(24(29)27-21-6-4-5-19(25)15-21)16-18-7-11-22(12-8-18)32-33(30,31)23-13-9-20(26)10-14-23/h4-15,17H,3,16H2,1-2H3,(H,27,29). The Balaban J connectivity index is 1.71. The van der Waals surface area contributed by atoms with Gasteiger partial charge in [-0.15, -0.1) is 0 Å². The average molecular weight is 491 g/mol. The van der Waals surface area contributed by atoms with Crippen molar-refractivity contribution < 1.29 is 21.8 Å². The number of hydrogen-bond donors (Lipinski definition) is 1. The molecule has 0 spiro atoms. The highest BCUT2D eigenvalue weighted by Gasteiger charge is 2.20. The normalized spacial score (nSPS) is 12.1. The molecule has 0 bridgehead atoms. The van der Waals surface area contributed by atoms with Crippen LogP contribution in [0.2, 0.25) is 5.02 Å². The van der Waals surface area contributed by atoms with Crippen LogP contribution in [0.3, 0.4) is 0 Å². The van der Waals surface area contributed by atoms with E-state index in [9.17, 15) is 17.6 Å². The number of carbonyl (C=O) groups excluding carboxylic acids is 1. The molecule has 9 heteroatoms. The molecule has 0 saturated carbocycles. The van der Waals surface area contributed by atoms with Crippen molar-refractivity contribution in [3.63, 3.8) is 0 Å². The molecule has 1 unspecified atom stereocenters. The molecule has 2 amide bonds. The molecule has 174 valence electrons. The highest BCUT2D eigenvalue weighted by atomic mass is 35.5. The predicted molar refractivity (Wildman–Crippen MR) is 126 cm³/mol. The van der Waals surface area contributed by atoms with Crippen molar-refractivity contribution in [2.24, 2.45) is 0 Å². The minimum Gasteiger partial charge on any atom is -0.379 e. The Morgan fingerprint density at radius 3 is 2.36 bits per heavy atom. The van der Waals surface area contributed by atoms with Gasteiger partial charge >= 0.3 is 16.1 Å². The number of anilines is 1. The Morgan fingerprint density at radius 1 is 1.09 bits per heavy atom. The van der Waals surface area contributed by atoms with E-state index >= 15 is 0 Å². The second-order valence-electron chi connectivity index (χ2n) is 7.46. The van der Waals surface area contributed by atoms with E-state index in [0.717, 1.165) is 36.2 Å². The van der Waals surface area contributed by atoms with Crippen molar-refractivity contribution in [2.75, 3.05) is 5.32 Å². The number of halogens is 2. The van der Waals surface area contributed by atoms with Gasteiger partial charge in [0.25, 0.3) is 0 Å². The third kappa shape index (κ3) is 6.69. The lowest BCUT2D eigenvalue weighted by molar-refractivity contribution is 0.187. The van der Waals surface area contributed by atoms with Gasteiger partial charge in [-0.1, -0.05) is 36.7 Å². The third-order valence-corrected chi connectivity index (χ3v) is 6.54. The number of hydrogen-bond acceptors (Lipinski definition) is 4. The Hall–Kier alpha value is -3.10. The number of rotatable bonds is 8. The van der Waals surface area contributed by atoms with Gasteiger partial charge in [-0.2, -0.15) is 8.42 Å². The topological polar surface area (TPSA) is 75.7 Å². The second-order valence-corrected chi connectivity index (χ2v) is 9.44. The maximum atomic E-state index is 13.1. The van der Waals surface area contributed by atoms with Crippen molar-refractivity contribution in [1.29, 1.82) is 0 Å². The lowest BCUT2D eigenvalue weighted by Crippen LogP contribution is -2.40. The molecule has 3 aromatic rings. The molecule has 0 aliphatic rings. The molecule has 0 aromatic heterocycles. The van der Waals surface area contributed by atoms with Crippen LogP contribution in [0.1, 0.15) is 25.8 Å². The van der Waals surface area contributed by atoms with Crippen molar-refractivity contribution in [3.8, 4) is 5.75 Å². The van der Waals surface area contributed by atoms with Gasteiger partial charge in [-0.25, -0.2) is 9.18 Å². The molecule has 1 N–H and O–H groups in total. The van der Waals surface area contributed by atoms with Gasteiger partial charge in [0.05, 0.1) is 0 Å². The van der Waals surface area contributed by atoms with E-state index in [-0.39, 0.29) is 22.7 Å². The van der Waals surface area contributed by atoms with E-state index in [4.69, 9.17) is 15.8 Å². The number of nitrogens with one attached hydrogen (secondary N) is 1. The fraction of sp³-hybridized carbons (Fsp3) is 0.208. The Kier molecular flexibility index (Phi) is 7.94. The number of amides is 2. The smallest absolute Gasteiger partial charge is 0.339 e. The first-order chi connectivity index (χ1) is 15.7. The molecule has 0 heterocycles. The molecule has 33 heavy (non-hydrogen) atoms. The average Bonchev–Trinajstić information content (AvgIpc) is 2.78. The SMILES string of the molecule is CCC(C)N(Cc1ccc(OS(=O)(=O)c2ccc(F)cc2)cc1)C(=O)Nc1cccc(Cl)c1. The van der Waals surface area contributed by atoms with Crippen LogP contribution in [0, 0.1) is 5.82 Å². The second kappa shape index (κ2) is 10.7. The van der Waals surface area contributed by atoms with Gasteiger partial charge in [0.15, 0.2) is 0 Å². The molecule has 0 fully saturated rings. The van der Waals surface area contributed by atoms with Crippen molar-refractivity contribution in [2.45, 2.75) is 37.8 Å². The molecule has 0 radical (unpaired) electrons. The minimum absolute atomic E-state index is 0.0426. The molecular weight excluding hydrogens is 467 g/mol. The Bertz CT molecular complexity index is 1200. The lowest BCUT2D eigenvalue weighted by Gasteiger charge is -2.29. The third-order valence-electron chi connectivity index (χ3n) is 5.04. The van der Waals surface area contributed by atoms with Gasteiger partial charge in [0, 0.05) is 23.3 Å². The van der Waals surface area contributed by atoms with Gasteiger partial charge in [-0.05, 0) is 73.5 Å². The van der Waals surface area contributed by atoms with E-state index < -0.39 is 15.9 Å². The van der Waals surface area contributed by atoms with Crippen LogP contribution < -0.4 is 9.50 Å². The number of urea groups is 1. The first kappa shape index (κ1) is 24.5. The summed E-state index contributed by atoms with van der Waals surface area (Å²) in [7, 11) is -4.09. The van der Waals surface area contributed by atoms with Crippen LogP contribution in [-0.2, 0) is 16.7 Å². The van der Waals surface area contributed by atoms with Crippen LogP contribution in [0.25, 0.3) is 0 Å². The zero-order valence-corrected chi connectivity index (χ0v) is 19.7. The summed E-state index contributed by atoms with van der Waals surface area (Å²) in [6.07, 6.45) is 0.750. The summed E-state index contributed by atoms with van der Waals surface area (Å²) in [6.45, 7) is 4.25. The van der Waals surface area contributed by atoms with Gasteiger partial charge in [0.1, 0.15) is 16.5 Å². The largest absolute Gasteiger partial charge is 0.379 e. The molecule has 3 aromatic carbocycles. The van der Waals surface area contributed by atoms with E-state index in [2.05, 4.69) is 5.32 Å². The van der Waals surface area contributed by atoms with Crippen molar-refractivity contribution in [3.05, 3.63) is 89.2 Å². The first-order valence-electron chi connectivity index (χ1n) is 10.3. The van der Waals surface area contributed by atoms with Crippen molar-refractivity contribution >= 4 is 33.4 Å². The first-order valence-corrected chi connectivity index (χ1v) is 12.1. The van der Waals surface area contributed by atoms with Crippen LogP contribution in [0.15, 0.2) is 77.7 Å². The molecule has 3 rings (SSSR count). The fourth-order valence-electron chi connectivity index (χ4n) is 3.03. The van der Waals surface area contributed by atoms with Crippen LogP contribution in [0.5, 0.6) is 5.75 Å². The summed E-state index contributed by atoms with van der Waals surface area (Å²) in [5.74, 6) is -0.426. The van der Waals surface area contributed by atoms with Crippen LogP contribution >= 0.6 is 11.6 Å². The van der Waals surface area contributed by atoms with E-state index in [1.165, 1.54) is 12.1 Å². The molecule has 0 aliphatic heterocycles. The molecule has 0 saturated heterocycles. The summed E-state index contributed by atoms with van der Waals surface area (Å²) >= 11 is 6.00. The summed E-state index contributed by atoms with van der Waals surface area (Å²) in [6, 6.07) is 17.4. The van der Waals surface area contributed by atoms with Crippen LogP contribution in [0.4, 0.5) is 14.9 Å². The van der Waals surface area contributed by atoms with Gasteiger partial charge < -0.3 is 14.4 Å². The van der Waals surface area contributed by atoms with E-state index in [1.54, 1.807) is 41.3 Å². The zero-order chi connectivity index (χ0) is 24.0. The number of carbonyl (C=O) groups is 1. The molecule has 0 aliphatic carbocycles. The Labute approximate surface area is 198 Å². The quantitative estimate of drug-likeness (QED) is 0.388. The minimum atomic E-state index is -4.09. The van der Waals surface area contributed by atoms with Crippen molar-refractivity contribution in [1.82, 2.24) is 4.90 Å². The Morgan fingerprint density at radius 2 is 1.76 bits per heavy atom. The number of nitrogens with zero attached hydrogens (tertiary/aromatic N) is 1. The van der Waals surface area contributed by atoms with Crippen LogP contribution in [-0.4, -0.2) is 25.4 Å². The maximum Gasteiger partial charge on any atom is 0.339 e. The monoisotopic (exact) mass is 490 g/mol. The van der Waals surface area contributed by atoms with Gasteiger partial charge in [0.2, 0.25) is 0 Å². The predicted octanol–water partition coefficient (Wildman–Crippen LogP) is 6.08. The maximum absolute atomic E-state index is 13.1. The summed E-state index contributed by atoms with van der Waals surface area (Å²) in [4.78, 5) is 14.4. The lowest BCUT2D eigenvalue weighted by atomic mass is 10.1. The number of benzene rings is 3. The highest BCUT2D eigenvalue weighted by Crippen LogP contribution is 2.22. The molecular formula is C24H24ClFN2O4S. The summed E-state index contributed by atoms with van der Waals surface area (Å²) < 4.78 is 42.9. The summed E-state index contributed by atoms with van der Waals surface area (Å²) in [5, 5.41) is 3.38. The zero-order valence-electron chi connectivity index (χ0n) is 18.2. The fourth-order valence-corrected chi connectivity index (χ4v) is 4.15. The summed E-state index contributed by atoms with van der Waals surface area (Å²) in [5.41, 5.74) is 1.39. The van der Waals surface area contributed by atoms with E-state index in [0.29, 0.717) is 17.3 Å².